The average molecular weight is 442 g/mol. The minimum Gasteiger partial charge on any atom is -0.504 e. The monoisotopic (exact) mass is 442 g/mol. The molecule has 0 amide bonds. The van der Waals surface area contributed by atoms with E-state index in [0.29, 0.717) is 16.7 Å². The van der Waals surface area contributed by atoms with Gasteiger partial charge in [-0.1, -0.05) is 6.07 Å². The first kappa shape index (κ1) is 23.0. The van der Waals surface area contributed by atoms with Crippen LogP contribution in [0.5, 0.6) is 23.0 Å². The molecule has 2 aromatic rings. The van der Waals surface area contributed by atoms with Crippen LogP contribution in [0.25, 0.3) is 6.08 Å². The van der Waals surface area contributed by atoms with Gasteiger partial charge in [0.05, 0.1) is 12.2 Å². The minimum atomic E-state index is -0.946. The highest BCUT2D eigenvalue weighted by molar-refractivity contribution is 5.88. The number of phenols is 3. The van der Waals surface area contributed by atoms with Gasteiger partial charge in [-0.05, 0) is 69.2 Å². The van der Waals surface area contributed by atoms with Crippen molar-refractivity contribution in [3.05, 3.63) is 53.1 Å². The molecule has 2 atom stereocenters. The molecule has 0 spiro atoms. The van der Waals surface area contributed by atoms with Crippen molar-refractivity contribution in [2.75, 3.05) is 0 Å². The zero-order valence-corrected chi connectivity index (χ0v) is 18.2. The number of fused-ring (bicyclic) bond motifs is 1. The molecule has 2 aromatic carbocycles. The summed E-state index contributed by atoms with van der Waals surface area (Å²) < 4.78 is 16.4. The van der Waals surface area contributed by atoms with E-state index < -0.39 is 24.0 Å². The topological polar surface area (TPSA) is 123 Å². The number of ether oxygens (including phenoxy) is 3. The number of phenolic OH excluding ortho intramolecular Hbond substituents is 3. The van der Waals surface area contributed by atoms with Gasteiger partial charge in [-0.15, -0.1) is 0 Å². The van der Waals surface area contributed by atoms with Crippen molar-refractivity contribution in [1.82, 2.24) is 0 Å². The van der Waals surface area contributed by atoms with E-state index in [4.69, 9.17) is 14.2 Å². The molecule has 0 saturated carbocycles. The van der Waals surface area contributed by atoms with Crippen LogP contribution in [-0.4, -0.2) is 39.5 Å². The van der Waals surface area contributed by atoms with E-state index in [2.05, 4.69) is 0 Å². The van der Waals surface area contributed by atoms with Crippen LogP contribution < -0.4 is 4.74 Å². The van der Waals surface area contributed by atoms with E-state index in [1.807, 2.05) is 0 Å². The van der Waals surface area contributed by atoms with E-state index in [-0.39, 0.29) is 35.2 Å². The van der Waals surface area contributed by atoms with Gasteiger partial charge >= 0.3 is 11.9 Å². The third kappa shape index (κ3) is 4.96. The van der Waals surface area contributed by atoms with Crippen LogP contribution in [0.4, 0.5) is 0 Å². The zero-order valence-electron chi connectivity index (χ0n) is 18.2. The van der Waals surface area contributed by atoms with Crippen molar-refractivity contribution in [2.45, 2.75) is 51.9 Å². The van der Waals surface area contributed by atoms with Crippen molar-refractivity contribution in [1.29, 1.82) is 0 Å². The Hall–Kier alpha value is -3.68. The van der Waals surface area contributed by atoms with Gasteiger partial charge in [-0.25, -0.2) is 4.79 Å². The lowest BCUT2D eigenvalue weighted by molar-refractivity contribution is -0.151. The van der Waals surface area contributed by atoms with E-state index in [1.54, 1.807) is 33.8 Å². The van der Waals surface area contributed by atoms with Crippen LogP contribution in [-0.2, 0) is 19.1 Å². The van der Waals surface area contributed by atoms with Crippen molar-refractivity contribution in [3.63, 3.8) is 0 Å². The first-order valence-corrected chi connectivity index (χ1v) is 10.2. The number of esters is 2. The third-order valence-corrected chi connectivity index (χ3v) is 4.70. The molecule has 0 fully saturated rings. The Morgan fingerprint density at radius 3 is 2.25 bits per heavy atom. The van der Waals surface area contributed by atoms with Crippen LogP contribution >= 0.6 is 0 Å². The molecule has 32 heavy (non-hydrogen) atoms. The minimum absolute atomic E-state index is 0.107. The lowest BCUT2D eigenvalue weighted by Crippen LogP contribution is -2.23. The van der Waals surface area contributed by atoms with Crippen molar-refractivity contribution >= 4 is 18.0 Å². The molecule has 3 N–H and O–H groups in total. The fourth-order valence-electron chi connectivity index (χ4n) is 3.44. The Balaban J connectivity index is 2.02. The molecular weight excluding hydrogens is 416 g/mol. The summed E-state index contributed by atoms with van der Waals surface area (Å²) in [7, 11) is 0. The highest BCUT2D eigenvalue weighted by Crippen LogP contribution is 2.52. The molecule has 8 heteroatoms. The van der Waals surface area contributed by atoms with Gasteiger partial charge in [-0.2, -0.15) is 0 Å². The second-order valence-corrected chi connectivity index (χ2v) is 8.03. The van der Waals surface area contributed by atoms with Crippen molar-refractivity contribution < 1.29 is 39.1 Å². The highest BCUT2D eigenvalue weighted by atomic mass is 16.6. The molecule has 1 aliphatic rings. The van der Waals surface area contributed by atoms with Crippen molar-refractivity contribution in [2.24, 2.45) is 0 Å². The van der Waals surface area contributed by atoms with Crippen LogP contribution in [0, 0.1) is 0 Å². The Morgan fingerprint density at radius 2 is 1.62 bits per heavy atom. The summed E-state index contributed by atoms with van der Waals surface area (Å²) in [6.07, 6.45) is 1.14. The smallest absolute Gasteiger partial charge is 0.331 e. The SMILES string of the molecule is CC(C)OC(=O)/C=C/c1cc(O)c2c(c1)[C@H](C(=O)OC(C)C)[C@@H](c1ccc(O)c(O)c1)O2. The summed E-state index contributed by atoms with van der Waals surface area (Å²) in [5, 5.41) is 30.1. The maximum absolute atomic E-state index is 13.0. The zero-order chi connectivity index (χ0) is 23.6. The Morgan fingerprint density at radius 1 is 0.938 bits per heavy atom. The Kier molecular flexibility index (Phi) is 6.62. The van der Waals surface area contributed by atoms with Gasteiger partial charge in [0.1, 0.15) is 12.0 Å². The molecule has 0 saturated heterocycles. The Labute approximate surface area is 185 Å². The predicted octanol–water partition coefficient (Wildman–Crippen LogP) is 3.94. The van der Waals surface area contributed by atoms with E-state index in [1.165, 1.54) is 36.4 Å². The van der Waals surface area contributed by atoms with E-state index >= 15 is 0 Å². The van der Waals surface area contributed by atoms with Crippen molar-refractivity contribution in [3.8, 4) is 23.0 Å². The van der Waals surface area contributed by atoms with Gasteiger partial charge in [0.25, 0.3) is 0 Å². The summed E-state index contributed by atoms with van der Waals surface area (Å²) >= 11 is 0. The molecule has 0 aromatic heterocycles. The third-order valence-electron chi connectivity index (χ3n) is 4.70. The van der Waals surface area contributed by atoms with Gasteiger partial charge in [-0.3, -0.25) is 4.79 Å². The summed E-state index contributed by atoms with van der Waals surface area (Å²) in [6, 6.07) is 7.12. The average Bonchev–Trinajstić information content (AvgIpc) is 3.07. The fraction of sp³-hybridized carbons (Fsp3) is 0.333. The van der Waals surface area contributed by atoms with Gasteiger partial charge in [0, 0.05) is 11.6 Å². The lowest BCUT2D eigenvalue weighted by Gasteiger charge is -2.20. The van der Waals surface area contributed by atoms with E-state index in [9.17, 15) is 24.9 Å². The number of carbonyl (C=O) groups is 2. The molecule has 1 heterocycles. The molecule has 3 rings (SSSR count). The number of rotatable bonds is 6. The fourth-order valence-corrected chi connectivity index (χ4v) is 3.44. The second kappa shape index (κ2) is 9.21. The lowest BCUT2D eigenvalue weighted by atomic mass is 9.89. The largest absolute Gasteiger partial charge is 0.504 e. The number of benzene rings is 2. The van der Waals surface area contributed by atoms with Crippen LogP contribution in [0.3, 0.4) is 0 Å². The summed E-state index contributed by atoms with van der Waals surface area (Å²) in [6.45, 7) is 6.90. The number of aromatic hydroxyl groups is 3. The van der Waals surface area contributed by atoms with Gasteiger partial charge in [0.2, 0.25) is 0 Å². The summed E-state index contributed by atoms with van der Waals surface area (Å²) in [5.74, 6) is -2.84. The molecule has 1 aliphatic heterocycles. The quantitative estimate of drug-likeness (QED) is 0.349. The Bertz CT molecular complexity index is 1050. The van der Waals surface area contributed by atoms with E-state index in [0.717, 1.165) is 0 Å². The maximum Gasteiger partial charge on any atom is 0.331 e. The molecule has 170 valence electrons. The molecule has 0 radical (unpaired) electrons. The number of hydrogen-bond donors (Lipinski definition) is 3. The molecule has 0 unspecified atom stereocenters. The first-order valence-electron chi connectivity index (χ1n) is 10.2. The first-order chi connectivity index (χ1) is 15.1. The number of carbonyl (C=O) groups excluding carboxylic acids is 2. The standard InChI is InChI=1S/C24H26O8/c1-12(2)30-20(28)8-5-14-9-16-21(24(29)31-13(3)4)22(32-23(16)19(27)10-14)15-6-7-17(25)18(26)11-15/h5-13,21-22,25-27H,1-4H3/b8-5+/t21-,22+/m0/s1. The van der Waals surface area contributed by atoms with Crippen LogP contribution in [0.15, 0.2) is 36.4 Å². The van der Waals surface area contributed by atoms with Crippen LogP contribution in [0.2, 0.25) is 0 Å². The highest BCUT2D eigenvalue weighted by Gasteiger charge is 2.43. The summed E-state index contributed by atoms with van der Waals surface area (Å²) in [4.78, 5) is 24.8. The molecule has 8 nitrogen and oxygen atoms in total. The maximum atomic E-state index is 13.0. The van der Waals surface area contributed by atoms with Gasteiger partial charge < -0.3 is 29.5 Å². The van der Waals surface area contributed by atoms with Gasteiger partial charge in [0.15, 0.2) is 23.0 Å². The normalized spacial score (nSPS) is 17.4. The molecule has 0 aliphatic carbocycles. The number of hydrogen-bond acceptors (Lipinski definition) is 8. The summed E-state index contributed by atoms with van der Waals surface area (Å²) in [5.41, 5.74) is 1.26. The van der Waals surface area contributed by atoms with Crippen LogP contribution in [0.1, 0.15) is 56.4 Å². The molecule has 0 bridgehead atoms. The predicted molar refractivity (Wildman–Crippen MR) is 115 cm³/mol. The molecular formula is C24H26O8. The second-order valence-electron chi connectivity index (χ2n) is 8.03.